The molecule has 3 rings (SSSR count). The van der Waals surface area contributed by atoms with Crippen LogP contribution >= 0.6 is 24.0 Å². The summed E-state index contributed by atoms with van der Waals surface area (Å²) in [6, 6.07) is 9.64. The van der Waals surface area contributed by atoms with Crippen LogP contribution in [0.2, 0.25) is 0 Å². The van der Waals surface area contributed by atoms with E-state index in [0.717, 1.165) is 62.2 Å². The fraction of sp³-hybridized carbons (Fsp3) is 0.429. The van der Waals surface area contributed by atoms with Crippen molar-refractivity contribution in [1.29, 1.82) is 0 Å². The number of hydrogen-bond acceptors (Lipinski definition) is 5. The van der Waals surface area contributed by atoms with Gasteiger partial charge < -0.3 is 20.0 Å². The lowest BCUT2D eigenvalue weighted by Gasteiger charge is -2.36. The first-order valence-corrected chi connectivity index (χ1v) is 9.86. The molecule has 30 heavy (non-hydrogen) atoms. The Balaban J connectivity index is 0.00000320. The number of rotatable bonds is 5. The normalized spacial score (nSPS) is 14.2. The van der Waals surface area contributed by atoms with E-state index in [1.54, 1.807) is 31.4 Å². The number of aromatic nitrogens is 2. The molecule has 0 aliphatic carbocycles. The molecule has 0 bridgehead atoms. The second-order valence-corrected chi connectivity index (χ2v) is 7.15. The standard InChI is InChI=1S/C21H29N7O.HI/c1-22-20(27-12-14-28(15-13-27)21-23-9-5-10-24-21)25-11-8-17-6-4-7-18(16-17)19(29)26(2)3;/h4-7,9-10,16H,8,11-15H2,1-3H3,(H,22,25);1H. The van der Waals surface area contributed by atoms with E-state index in [9.17, 15) is 4.79 Å². The first-order chi connectivity index (χ1) is 14.1. The van der Waals surface area contributed by atoms with Crippen molar-refractivity contribution in [2.45, 2.75) is 6.42 Å². The Hall–Kier alpha value is -2.43. The number of nitrogens with zero attached hydrogens (tertiary/aromatic N) is 6. The Kier molecular flexibility index (Phi) is 9.28. The minimum Gasteiger partial charge on any atom is -0.356 e. The molecule has 1 saturated heterocycles. The fourth-order valence-corrected chi connectivity index (χ4v) is 3.34. The van der Waals surface area contributed by atoms with Gasteiger partial charge in [-0.15, -0.1) is 24.0 Å². The second-order valence-electron chi connectivity index (χ2n) is 7.15. The number of halogens is 1. The number of piperazine rings is 1. The van der Waals surface area contributed by atoms with Crippen molar-refractivity contribution in [3.05, 3.63) is 53.9 Å². The summed E-state index contributed by atoms with van der Waals surface area (Å²) in [6.07, 6.45) is 4.37. The Morgan fingerprint density at radius 1 is 1.13 bits per heavy atom. The van der Waals surface area contributed by atoms with E-state index in [0.29, 0.717) is 0 Å². The van der Waals surface area contributed by atoms with Crippen molar-refractivity contribution < 1.29 is 4.79 Å². The van der Waals surface area contributed by atoms with E-state index in [-0.39, 0.29) is 29.9 Å². The summed E-state index contributed by atoms with van der Waals surface area (Å²) in [7, 11) is 5.35. The third-order valence-corrected chi connectivity index (χ3v) is 4.90. The van der Waals surface area contributed by atoms with E-state index >= 15 is 0 Å². The molecule has 2 heterocycles. The van der Waals surface area contributed by atoms with Gasteiger partial charge in [0, 0.05) is 71.8 Å². The van der Waals surface area contributed by atoms with E-state index in [4.69, 9.17) is 0 Å². The van der Waals surface area contributed by atoms with Crippen LogP contribution in [0.5, 0.6) is 0 Å². The summed E-state index contributed by atoms with van der Waals surface area (Å²) in [5, 5.41) is 3.44. The first-order valence-electron chi connectivity index (χ1n) is 9.86. The molecule has 162 valence electrons. The minimum atomic E-state index is 0. The molecule has 1 aromatic carbocycles. The van der Waals surface area contributed by atoms with Crippen molar-refractivity contribution in [2.75, 3.05) is 58.8 Å². The summed E-state index contributed by atoms with van der Waals surface area (Å²) in [5.41, 5.74) is 1.85. The van der Waals surface area contributed by atoms with Gasteiger partial charge in [0.2, 0.25) is 5.95 Å². The number of aliphatic imine (C=N–C) groups is 1. The smallest absolute Gasteiger partial charge is 0.253 e. The highest BCUT2D eigenvalue weighted by Gasteiger charge is 2.20. The number of carbonyl (C=O) groups is 1. The van der Waals surface area contributed by atoms with Gasteiger partial charge in [-0.1, -0.05) is 12.1 Å². The molecule has 1 fully saturated rings. The van der Waals surface area contributed by atoms with Crippen LogP contribution in [-0.4, -0.2) is 85.5 Å². The van der Waals surface area contributed by atoms with E-state index in [1.165, 1.54) is 0 Å². The maximum atomic E-state index is 12.1. The lowest BCUT2D eigenvalue weighted by atomic mass is 10.1. The average Bonchev–Trinajstić information content (AvgIpc) is 2.77. The molecule has 1 aliphatic rings. The lowest BCUT2D eigenvalue weighted by molar-refractivity contribution is 0.0827. The van der Waals surface area contributed by atoms with Crippen molar-refractivity contribution in [3.63, 3.8) is 0 Å². The molecule has 0 radical (unpaired) electrons. The minimum absolute atomic E-state index is 0. The quantitative estimate of drug-likeness (QED) is 0.366. The average molecular weight is 523 g/mol. The molecule has 0 atom stereocenters. The number of carbonyl (C=O) groups excluding carboxylic acids is 1. The van der Waals surface area contributed by atoms with Crippen LogP contribution in [0.15, 0.2) is 47.7 Å². The van der Waals surface area contributed by atoms with Crippen LogP contribution in [0, 0.1) is 0 Å². The zero-order valence-electron chi connectivity index (χ0n) is 17.8. The van der Waals surface area contributed by atoms with Crippen molar-refractivity contribution in [2.24, 2.45) is 4.99 Å². The van der Waals surface area contributed by atoms with Gasteiger partial charge in [0.05, 0.1) is 0 Å². The Labute approximate surface area is 195 Å². The highest BCUT2D eigenvalue weighted by Crippen LogP contribution is 2.10. The number of nitrogens with one attached hydrogen (secondary N) is 1. The van der Waals surface area contributed by atoms with Gasteiger partial charge in [-0.2, -0.15) is 0 Å². The van der Waals surface area contributed by atoms with E-state index in [1.807, 2.05) is 31.3 Å². The number of benzene rings is 1. The number of hydrogen-bond donors (Lipinski definition) is 1. The predicted molar refractivity (Wildman–Crippen MR) is 131 cm³/mol. The lowest BCUT2D eigenvalue weighted by Crippen LogP contribution is -2.53. The van der Waals surface area contributed by atoms with Crippen LogP contribution in [0.3, 0.4) is 0 Å². The van der Waals surface area contributed by atoms with Gasteiger partial charge >= 0.3 is 0 Å². The van der Waals surface area contributed by atoms with Gasteiger partial charge in [-0.25, -0.2) is 9.97 Å². The predicted octanol–water partition coefficient (Wildman–Crippen LogP) is 1.74. The molecule has 1 aromatic heterocycles. The summed E-state index contributed by atoms with van der Waals surface area (Å²) in [4.78, 5) is 31.3. The Bertz CT molecular complexity index is 836. The first kappa shape index (κ1) is 23.8. The molecular formula is C21H30IN7O. The van der Waals surface area contributed by atoms with Crippen molar-refractivity contribution in [3.8, 4) is 0 Å². The molecular weight excluding hydrogens is 493 g/mol. The van der Waals surface area contributed by atoms with E-state index < -0.39 is 0 Å². The third kappa shape index (κ3) is 6.28. The van der Waals surface area contributed by atoms with Crippen LogP contribution in [0.1, 0.15) is 15.9 Å². The molecule has 0 saturated carbocycles. The van der Waals surface area contributed by atoms with Crippen LogP contribution in [0.25, 0.3) is 0 Å². The van der Waals surface area contributed by atoms with Crippen LogP contribution < -0.4 is 10.2 Å². The zero-order chi connectivity index (χ0) is 20.6. The summed E-state index contributed by atoms with van der Waals surface area (Å²) in [5.74, 6) is 1.71. The molecule has 0 unspecified atom stereocenters. The Morgan fingerprint density at radius 2 is 1.83 bits per heavy atom. The topological polar surface area (TPSA) is 77.0 Å². The summed E-state index contributed by atoms with van der Waals surface area (Å²) >= 11 is 0. The highest BCUT2D eigenvalue weighted by molar-refractivity contribution is 14.0. The van der Waals surface area contributed by atoms with Gasteiger partial charge in [0.15, 0.2) is 5.96 Å². The number of guanidine groups is 1. The van der Waals surface area contributed by atoms with Gasteiger partial charge in [-0.3, -0.25) is 9.79 Å². The van der Waals surface area contributed by atoms with Gasteiger partial charge in [0.1, 0.15) is 0 Å². The van der Waals surface area contributed by atoms with Crippen LogP contribution in [0.4, 0.5) is 5.95 Å². The molecule has 1 aliphatic heterocycles. The van der Waals surface area contributed by atoms with E-state index in [2.05, 4.69) is 36.1 Å². The largest absolute Gasteiger partial charge is 0.356 e. The maximum absolute atomic E-state index is 12.1. The number of anilines is 1. The summed E-state index contributed by atoms with van der Waals surface area (Å²) < 4.78 is 0. The monoisotopic (exact) mass is 523 g/mol. The fourth-order valence-electron chi connectivity index (χ4n) is 3.34. The maximum Gasteiger partial charge on any atom is 0.253 e. The van der Waals surface area contributed by atoms with Crippen molar-refractivity contribution in [1.82, 2.24) is 25.1 Å². The number of amides is 1. The molecule has 8 nitrogen and oxygen atoms in total. The summed E-state index contributed by atoms with van der Waals surface area (Å²) in [6.45, 7) is 4.21. The SMILES string of the molecule is CN=C(NCCc1cccc(C(=O)N(C)C)c1)N1CCN(c2ncccn2)CC1.I. The Morgan fingerprint density at radius 3 is 2.47 bits per heavy atom. The van der Waals surface area contributed by atoms with Gasteiger partial charge in [-0.05, 0) is 30.2 Å². The van der Waals surface area contributed by atoms with Crippen molar-refractivity contribution >= 4 is 41.8 Å². The zero-order valence-corrected chi connectivity index (χ0v) is 20.1. The van der Waals surface area contributed by atoms with Crippen LogP contribution in [-0.2, 0) is 6.42 Å². The third-order valence-electron chi connectivity index (χ3n) is 4.90. The molecule has 1 amide bonds. The van der Waals surface area contributed by atoms with Gasteiger partial charge in [0.25, 0.3) is 5.91 Å². The molecule has 0 spiro atoms. The molecule has 1 N–H and O–H groups in total. The molecule has 9 heteroatoms. The second kappa shape index (κ2) is 11.7. The highest BCUT2D eigenvalue weighted by atomic mass is 127. The molecule has 2 aromatic rings.